The normalized spacial score (nSPS) is 11.9. The second-order valence-corrected chi connectivity index (χ2v) is 29.2. The van der Waals surface area contributed by atoms with Crippen LogP contribution in [0.3, 0.4) is 0 Å². The van der Waals surface area contributed by atoms with E-state index in [4.69, 9.17) is 4.74 Å². The van der Waals surface area contributed by atoms with Crippen LogP contribution in [0.4, 0.5) is 0 Å². The largest absolute Gasteiger partial charge is 1.00 e. The number of allylic oxidation sites excluding steroid dienone is 3. The van der Waals surface area contributed by atoms with Crippen LogP contribution in [0.2, 0.25) is 0 Å². The molecule has 0 spiro atoms. The summed E-state index contributed by atoms with van der Waals surface area (Å²) in [7, 11) is -3.58. The van der Waals surface area contributed by atoms with E-state index in [-0.39, 0.29) is 48.0 Å². The van der Waals surface area contributed by atoms with Crippen molar-refractivity contribution < 1.29 is 40.5 Å². The second-order valence-electron chi connectivity index (χ2n) is 22.2. The number of carbonyl (C=O) groups is 1. The van der Waals surface area contributed by atoms with Gasteiger partial charge in [-0.15, -0.1) is 17.0 Å². The minimum atomic E-state index is -1.79. The zero-order valence-corrected chi connectivity index (χ0v) is 58.8. The maximum absolute atomic E-state index is 10.2. The first kappa shape index (κ1) is 71.7. The fourth-order valence-corrected chi connectivity index (χ4v) is 19.1. The van der Waals surface area contributed by atoms with Crippen LogP contribution in [0.1, 0.15) is 72.6 Å². The van der Waals surface area contributed by atoms with Crippen molar-refractivity contribution in [1.82, 2.24) is 0 Å². The van der Waals surface area contributed by atoms with Gasteiger partial charge < -0.3 is 6.16 Å². The maximum atomic E-state index is 10.2. The molecule has 12 rings (SSSR count). The number of benzene rings is 11. The van der Waals surface area contributed by atoms with Crippen molar-refractivity contribution in [1.29, 1.82) is 0 Å². The fourth-order valence-electron chi connectivity index (χ4n) is 10.6. The van der Waals surface area contributed by atoms with Crippen molar-refractivity contribution in [3.63, 3.8) is 0 Å². The van der Waals surface area contributed by atoms with Crippen molar-refractivity contribution in [2.45, 2.75) is 59.8 Å². The molecule has 11 aromatic rings. The Morgan fingerprint density at radius 3 is 0.867 bits per heavy atom. The molecule has 6 heteroatoms. The average molecular weight is 1290 g/mol. The van der Waals surface area contributed by atoms with Gasteiger partial charge in [0, 0.05) is 13.2 Å². The summed E-state index contributed by atoms with van der Waals surface area (Å²) in [6.07, 6.45) is 13.8. The van der Waals surface area contributed by atoms with E-state index in [2.05, 4.69) is 325 Å². The average Bonchev–Trinajstić information content (AvgIpc) is 0.875. The van der Waals surface area contributed by atoms with Gasteiger partial charge in [-0.2, -0.15) is 0 Å². The number of rotatable bonds is 15. The second kappa shape index (κ2) is 39.0. The molecular formula is C84H86BrNaO2P2+2. The van der Waals surface area contributed by atoms with E-state index < -0.39 is 14.5 Å². The van der Waals surface area contributed by atoms with Gasteiger partial charge >= 0.3 is 29.6 Å². The van der Waals surface area contributed by atoms with Gasteiger partial charge in [-0.3, -0.25) is 4.79 Å². The molecule has 11 aromatic carbocycles. The third-order valence-electron chi connectivity index (χ3n) is 15.3. The zero-order chi connectivity index (χ0) is 61.5. The third kappa shape index (κ3) is 21.9. The third-order valence-corrected chi connectivity index (χ3v) is 24.0. The minimum absolute atomic E-state index is 0. The van der Waals surface area contributed by atoms with Crippen LogP contribution in [0.5, 0.6) is 0 Å². The molecule has 1 saturated heterocycles. The van der Waals surface area contributed by atoms with Gasteiger partial charge in [0.25, 0.3) is 0 Å². The molecule has 1 fully saturated rings. The topological polar surface area (TPSA) is 26.3 Å². The van der Waals surface area contributed by atoms with Gasteiger partial charge in [0.15, 0.2) is 0 Å². The van der Waals surface area contributed by atoms with Crippen molar-refractivity contribution in [3.8, 4) is 0 Å². The van der Waals surface area contributed by atoms with Gasteiger partial charge in [-0.05, 0) is 160 Å². The number of ether oxygens (including phenoxy) is 1. The van der Waals surface area contributed by atoms with E-state index in [9.17, 15) is 4.79 Å². The van der Waals surface area contributed by atoms with Crippen molar-refractivity contribution in [2.75, 3.05) is 13.2 Å². The molecular weight excluding hydrogens is 1210 g/mol. The molecule has 0 aliphatic carbocycles. The van der Waals surface area contributed by atoms with Gasteiger partial charge in [-0.1, -0.05) is 283 Å². The molecule has 2 nitrogen and oxygen atoms in total. The summed E-state index contributed by atoms with van der Waals surface area (Å²) in [6, 6.07) is 113. The number of hydrogen-bond donors (Lipinski definition) is 0. The van der Waals surface area contributed by atoms with E-state index in [1.165, 1.54) is 89.2 Å². The Morgan fingerprint density at radius 2 is 0.611 bits per heavy atom. The quantitative estimate of drug-likeness (QED) is 0.0336. The standard InChI is InChI=1S/2C26H24P.C18H18.C10H10O.C4H8O.BrH.Na.H/c2*1-22-17-19-23(20-18-22)21-27(24-11-5-2-6-12-24,25-13-7-3-8-14-25)26-15-9-4-10-16-26;1-15-8-11-17(12-9-15)13-10-16(2)14-18-6-4-3-5-7-18;1-9(8-11)7-10-5-3-2-4-6-10;1-2-4-5-3-1;;;/h2*2-20H,21H2,1H3;3-14H,1-2H3;2-8H,1H3;1-4H2;1H;;/q2*+1;;;;;+1;-1/b;;13-10+,16-14+;9-7+;;;;. The molecule has 0 atom stereocenters. The molecule has 0 saturated carbocycles. The van der Waals surface area contributed by atoms with E-state index in [0.717, 1.165) is 43.0 Å². The van der Waals surface area contributed by atoms with E-state index >= 15 is 0 Å². The van der Waals surface area contributed by atoms with Gasteiger partial charge in [-0.25, -0.2) is 0 Å². The van der Waals surface area contributed by atoms with Crippen LogP contribution in [-0.4, -0.2) is 19.5 Å². The molecule has 0 unspecified atom stereocenters. The van der Waals surface area contributed by atoms with Crippen molar-refractivity contribution in [3.05, 3.63) is 377 Å². The van der Waals surface area contributed by atoms with Crippen LogP contribution < -0.4 is 61.4 Å². The van der Waals surface area contributed by atoms with Crippen molar-refractivity contribution in [2.24, 2.45) is 0 Å². The Bertz CT molecular complexity index is 3460. The summed E-state index contributed by atoms with van der Waals surface area (Å²) in [6.45, 7) is 12.3. The Labute approximate surface area is 573 Å². The molecule has 0 amide bonds. The van der Waals surface area contributed by atoms with Crippen LogP contribution in [0.15, 0.2) is 333 Å². The number of hydrogen-bond acceptors (Lipinski definition) is 2. The molecule has 0 aromatic heterocycles. The molecule has 90 heavy (non-hydrogen) atoms. The molecule has 450 valence electrons. The summed E-state index contributed by atoms with van der Waals surface area (Å²) >= 11 is 0. The molecule has 0 bridgehead atoms. The molecule has 0 N–H and O–H groups in total. The van der Waals surface area contributed by atoms with Crippen LogP contribution in [0, 0.1) is 20.8 Å². The maximum Gasteiger partial charge on any atom is 1.00 e. The van der Waals surface area contributed by atoms with Crippen LogP contribution in [0.25, 0.3) is 18.2 Å². The molecule has 1 heterocycles. The van der Waals surface area contributed by atoms with Crippen LogP contribution >= 0.6 is 31.5 Å². The monoisotopic (exact) mass is 1290 g/mol. The van der Waals surface area contributed by atoms with E-state index in [1.807, 2.05) is 42.5 Å². The smallest absolute Gasteiger partial charge is 1.00 e. The van der Waals surface area contributed by atoms with Gasteiger partial charge in [0.1, 0.15) is 52.6 Å². The first-order chi connectivity index (χ1) is 43.1. The van der Waals surface area contributed by atoms with Crippen LogP contribution in [-0.2, 0) is 21.9 Å². The predicted octanol–water partition coefficient (Wildman–Crippen LogP) is 16.9. The Kier molecular flexibility index (Phi) is 31.1. The van der Waals surface area contributed by atoms with Gasteiger partial charge in [0.05, 0.1) is 12.3 Å². The summed E-state index contributed by atoms with van der Waals surface area (Å²) < 4.78 is 4.94. The predicted molar refractivity (Wildman–Crippen MR) is 398 cm³/mol. The Morgan fingerprint density at radius 1 is 0.356 bits per heavy atom. The first-order valence-corrected chi connectivity index (χ1v) is 34.5. The number of aryl methyl sites for hydroxylation is 3. The molecule has 1 aliphatic heterocycles. The number of carbonyl (C=O) groups excluding carboxylic acids is 1. The summed E-state index contributed by atoms with van der Waals surface area (Å²) in [4.78, 5) is 10.2. The summed E-state index contributed by atoms with van der Waals surface area (Å²) in [5.41, 5.74) is 12.2. The first-order valence-electron chi connectivity index (χ1n) is 30.6. The van der Waals surface area contributed by atoms with E-state index in [1.54, 1.807) is 6.92 Å². The molecule has 0 radical (unpaired) electrons. The number of aldehydes is 1. The molecule has 1 aliphatic rings. The Hall–Kier alpha value is -7.39. The number of halogens is 1. The van der Waals surface area contributed by atoms with Gasteiger partial charge in [0.2, 0.25) is 0 Å². The summed E-state index contributed by atoms with van der Waals surface area (Å²) in [5.74, 6) is 0. The Balaban J connectivity index is 0.000000221. The minimum Gasteiger partial charge on any atom is -1.00 e. The summed E-state index contributed by atoms with van der Waals surface area (Å²) in [5, 5.41) is 8.60. The SMILES string of the molecule is Br.C/C(C=O)=C\c1ccccc1.C1CCOC1.CC(/C=C/c1ccc(C)cc1)=C\c1ccccc1.Cc1ccc(C[P+](c2ccccc2)(c2ccccc2)c2ccccc2)cc1.Cc1ccc(C[P+](c2ccccc2)(c2ccccc2)c2ccccc2)cc1.[H-].[Na+]. The van der Waals surface area contributed by atoms with E-state index in [0.29, 0.717) is 0 Å². The van der Waals surface area contributed by atoms with Crippen molar-refractivity contribution >= 4 is 87.8 Å². The fraction of sp³-hybridized carbons (Fsp3) is 0.131. The zero-order valence-electron chi connectivity index (χ0n) is 54.3.